The summed E-state index contributed by atoms with van der Waals surface area (Å²) in [5, 5.41) is 0. The lowest BCUT2D eigenvalue weighted by molar-refractivity contribution is 0.400. The van der Waals surface area contributed by atoms with Gasteiger partial charge in [-0.2, -0.15) is 0 Å². The van der Waals surface area contributed by atoms with Crippen LogP contribution in [0.1, 0.15) is 47.9 Å². The van der Waals surface area contributed by atoms with E-state index >= 15 is 0 Å². The van der Waals surface area contributed by atoms with Gasteiger partial charge in [0.2, 0.25) is 0 Å². The summed E-state index contributed by atoms with van der Waals surface area (Å²) >= 11 is 0. The van der Waals surface area contributed by atoms with E-state index in [0.29, 0.717) is 12.5 Å². The lowest BCUT2D eigenvalue weighted by Gasteiger charge is -2.21. The summed E-state index contributed by atoms with van der Waals surface area (Å²) in [5.74, 6) is 2.50. The molecule has 2 aromatic carbocycles. The highest BCUT2D eigenvalue weighted by atomic mass is 16.5. The molecule has 2 aromatic rings. The maximum Gasteiger partial charge on any atom is 0.122 e. The average molecular weight is 327 g/mol. The number of rotatable bonds is 7. The molecule has 0 amide bonds. The Kier molecular flexibility index (Phi) is 6.27. The second-order valence-corrected chi connectivity index (χ2v) is 6.61. The van der Waals surface area contributed by atoms with Gasteiger partial charge in [0.15, 0.2) is 0 Å². The van der Waals surface area contributed by atoms with Crippen molar-refractivity contribution in [2.45, 2.75) is 39.0 Å². The van der Waals surface area contributed by atoms with Crippen molar-refractivity contribution in [1.29, 1.82) is 0 Å². The molecule has 1 unspecified atom stereocenters. The van der Waals surface area contributed by atoms with Crippen LogP contribution < -0.4 is 15.2 Å². The molecule has 0 aromatic heterocycles. The van der Waals surface area contributed by atoms with Gasteiger partial charge in [0, 0.05) is 5.92 Å². The molecule has 24 heavy (non-hydrogen) atoms. The SMILES string of the molecule is COc1ccc(C(C)C)cc1CC(CN)c1cc(C)ccc1OC. The average Bonchev–Trinajstić information content (AvgIpc) is 2.59. The van der Waals surface area contributed by atoms with Crippen LogP contribution in [-0.4, -0.2) is 20.8 Å². The summed E-state index contributed by atoms with van der Waals surface area (Å²) in [4.78, 5) is 0. The Balaban J connectivity index is 2.40. The molecule has 0 radical (unpaired) electrons. The topological polar surface area (TPSA) is 44.5 Å². The van der Waals surface area contributed by atoms with Crippen LogP contribution in [0.15, 0.2) is 36.4 Å². The van der Waals surface area contributed by atoms with Crippen molar-refractivity contribution in [3.63, 3.8) is 0 Å². The maximum absolute atomic E-state index is 6.12. The lowest BCUT2D eigenvalue weighted by Crippen LogP contribution is -2.16. The molecule has 3 nitrogen and oxygen atoms in total. The van der Waals surface area contributed by atoms with Gasteiger partial charge in [0.25, 0.3) is 0 Å². The number of hydrogen-bond acceptors (Lipinski definition) is 3. The summed E-state index contributed by atoms with van der Waals surface area (Å²) in [6.45, 7) is 7.07. The molecule has 0 saturated carbocycles. The number of methoxy groups -OCH3 is 2. The number of ether oxygens (including phenoxy) is 2. The lowest BCUT2D eigenvalue weighted by atomic mass is 9.88. The van der Waals surface area contributed by atoms with Gasteiger partial charge >= 0.3 is 0 Å². The predicted molar refractivity (Wildman–Crippen MR) is 100 cm³/mol. The molecule has 0 aliphatic heterocycles. The second kappa shape index (κ2) is 8.20. The zero-order valence-electron chi connectivity index (χ0n) is 15.4. The third kappa shape index (κ3) is 4.09. The highest BCUT2D eigenvalue weighted by Crippen LogP contribution is 2.33. The van der Waals surface area contributed by atoms with Crippen LogP contribution in [0, 0.1) is 6.92 Å². The van der Waals surface area contributed by atoms with Gasteiger partial charge in [-0.1, -0.05) is 43.7 Å². The molecule has 0 heterocycles. The van der Waals surface area contributed by atoms with Gasteiger partial charge in [0.1, 0.15) is 11.5 Å². The molecule has 0 fully saturated rings. The van der Waals surface area contributed by atoms with E-state index in [1.54, 1.807) is 14.2 Å². The first kappa shape index (κ1) is 18.3. The van der Waals surface area contributed by atoms with Crippen molar-refractivity contribution >= 4 is 0 Å². The summed E-state index contributed by atoms with van der Waals surface area (Å²) in [5.41, 5.74) is 11.0. The van der Waals surface area contributed by atoms with Crippen molar-refractivity contribution in [2.75, 3.05) is 20.8 Å². The second-order valence-electron chi connectivity index (χ2n) is 6.61. The first-order chi connectivity index (χ1) is 11.5. The number of benzene rings is 2. The minimum Gasteiger partial charge on any atom is -0.496 e. The van der Waals surface area contributed by atoms with Crippen LogP contribution in [0.2, 0.25) is 0 Å². The third-order valence-electron chi connectivity index (χ3n) is 4.55. The van der Waals surface area contributed by atoms with Gasteiger partial charge in [-0.25, -0.2) is 0 Å². The summed E-state index contributed by atoms with van der Waals surface area (Å²) in [7, 11) is 3.43. The molecule has 0 saturated heterocycles. The summed E-state index contributed by atoms with van der Waals surface area (Å²) in [6, 6.07) is 12.7. The number of aryl methyl sites for hydroxylation is 1. The maximum atomic E-state index is 6.12. The molecule has 2 N–H and O–H groups in total. The molecule has 0 aliphatic rings. The fourth-order valence-electron chi connectivity index (χ4n) is 3.08. The minimum atomic E-state index is 0.191. The molecule has 1 atom stereocenters. The van der Waals surface area contributed by atoms with Crippen LogP contribution in [0.3, 0.4) is 0 Å². The van der Waals surface area contributed by atoms with E-state index in [1.165, 1.54) is 16.7 Å². The smallest absolute Gasteiger partial charge is 0.122 e. The van der Waals surface area contributed by atoms with Gasteiger partial charge < -0.3 is 15.2 Å². The molecular weight excluding hydrogens is 298 g/mol. The van der Waals surface area contributed by atoms with Crippen LogP contribution in [0.5, 0.6) is 11.5 Å². The predicted octanol–water partition coefficient (Wildman–Crippen LogP) is 4.42. The Morgan fingerprint density at radius 2 is 1.62 bits per heavy atom. The first-order valence-electron chi connectivity index (χ1n) is 8.51. The van der Waals surface area contributed by atoms with E-state index in [1.807, 2.05) is 6.07 Å². The Morgan fingerprint density at radius 1 is 0.958 bits per heavy atom. The van der Waals surface area contributed by atoms with Crippen molar-refractivity contribution < 1.29 is 9.47 Å². The Hall–Kier alpha value is -2.00. The number of hydrogen-bond donors (Lipinski definition) is 1. The third-order valence-corrected chi connectivity index (χ3v) is 4.55. The van der Waals surface area contributed by atoms with Crippen LogP contribution in [0.4, 0.5) is 0 Å². The van der Waals surface area contributed by atoms with Crippen LogP contribution >= 0.6 is 0 Å². The molecule has 0 aliphatic carbocycles. The van der Waals surface area contributed by atoms with Crippen LogP contribution in [-0.2, 0) is 6.42 Å². The normalized spacial score (nSPS) is 12.3. The van der Waals surface area contributed by atoms with Crippen molar-refractivity contribution in [2.24, 2.45) is 5.73 Å². The largest absolute Gasteiger partial charge is 0.496 e. The molecule has 0 spiro atoms. The van der Waals surface area contributed by atoms with Crippen LogP contribution in [0.25, 0.3) is 0 Å². The Labute approximate surface area is 145 Å². The Morgan fingerprint density at radius 3 is 2.21 bits per heavy atom. The van der Waals surface area contributed by atoms with E-state index in [-0.39, 0.29) is 5.92 Å². The fourth-order valence-corrected chi connectivity index (χ4v) is 3.08. The first-order valence-corrected chi connectivity index (χ1v) is 8.51. The van der Waals surface area contributed by atoms with Gasteiger partial charge in [-0.3, -0.25) is 0 Å². The fraction of sp³-hybridized carbons (Fsp3) is 0.429. The molecule has 2 rings (SSSR count). The van der Waals surface area contributed by atoms with Gasteiger partial charge in [-0.15, -0.1) is 0 Å². The zero-order chi connectivity index (χ0) is 17.7. The summed E-state index contributed by atoms with van der Waals surface area (Å²) in [6.07, 6.45) is 0.833. The number of nitrogens with two attached hydrogens (primary N) is 1. The summed E-state index contributed by atoms with van der Waals surface area (Å²) < 4.78 is 11.1. The Bertz CT molecular complexity index is 680. The van der Waals surface area contributed by atoms with E-state index in [0.717, 1.165) is 23.5 Å². The van der Waals surface area contributed by atoms with E-state index in [4.69, 9.17) is 15.2 Å². The standard InChI is InChI=1S/C21H29NO2/c1-14(2)16-7-9-20(23-4)17(11-16)12-18(13-22)19-10-15(3)6-8-21(19)24-5/h6-11,14,18H,12-13,22H2,1-5H3. The molecule has 3 heteroatoms. The van der Waals surface area contributed by atoms with E-state index in [9.17, 15) is 0 Å². The van der Waals surface area contributed by atoms with E-state index in [2.05, 4.69) is 51.1 Å². The minimum absolute atomic E-state index is 0.191. The highest BCUT2D eigenvalue weighted by molar-refractivity contribution is 5.43. The molecular formula is C21H29NO2. The monoisotopic (exact) mass is 327 g/mol. The quantitative estimate of drug-likeness (QED) is 0.818. The van der Waals surface area contributed by atoms with Crippen molar-refractivity contribution in [3.05, 3.63) is 58.7 Å². The van der Waals surface area contributed by atoms with Crippen molar-refractivity contribution in [3.8, 4) is 11.5 Å². The van der Waals surface area contributed by atoms with Gasteiger partial charge in [-0.05, 0) is 54.6 Å². The molecule has 130 valence electrons. The highest BCUT2D eigenvalue weighted by Gasteiger charge is 2.18. The van der Waals surface area contributed by atoms with E-state index < -0.39 is 0 Å². The molecule has 0 bridgehead atoms. The van der Waals surface area contributed by atoms with Gasteiger partial charge in [0.05, 0.1) is 14.2 Å². The van der Waals surface area contributed by atoms with Crippen molar-refractivity contribution in [1.82, 2.24) is 0 Å². The zero-order valence-corrected chi connectivity index (χ0v) is 15.4.